The minimum atomic E-state index is -0.931. The molecule has 1 heterocycles. The normalized spacial score (nSPS) is 16.6. The lowest BCUT2D eigenvalue weighted by molar-refractivity contribution is -0.384. The van der Waals surface area contributed by atoms with Gasteiger partial charge in [-0.05, 0) is 44.0 Å². The van der Waals surface area contributed by atoms with Gasteiger partial charge in [-0.2, -0.15) is 0 Å². The molecule has 8 nitrogen and oxygen atoms in total. The van der Waals surface area contributed by atoms with Gasteiger partial charge in [0.25, 0.3) is 11.6 Å². The van der Waals surface area contributed by atoms with Gasteiger partial charge in [0.05, 0.1) is 10.6 Å². The minimum absolute atomic E-state index is 0.194. The van der Waals surface area contributed by atoms with Crippen molar-refractivity contribution < 1.29 is 19.2 Å². The molecule has 1 N–H and O–H groups in total. The number of anilines is 2. The van der Waals surface area contributed by atoms with Crippen LogP contribution in [0.15, 0.2) is 36.4 Å². The van der Waals surface area contributed by atoms with Gasteiger partial charge in [-0.3, -0.25) is 24.6 Å². The molecule has 0 aliphatic carbocycles. The van der Waals surface area contributed by atoms with Crippen molar-refractivity contribution in [2.24, 2.45) is 0 Å². The molecule has 2 unspecified atom stereocenters. The van der Waals surface area contributed by atoms with Crippen LogP contribution in [0.4, 0.5) is 17.1 Å². The van der Waals surface area contributed by atoms with E-state index < -0.39 is 28.9 Å². The van der Waals surface area contributed by atoms with E-state index in [4.69, 9.17) is 16.3 Å². The quantitative estimate of drug-likeness (QED) is 0.583. The lowest BCUT2D eigenvalue weighted by atomic mass is 10.1. The number of nitro benzene ring substituents is 1. The van der Waals surface area contributed by atoms with Crippen LogP contribution in [0.1, 0.15) is 25.8 Å². The second kappa shape index (κ2) is 8.08. The van der Waals surface area contributed by atoms with Gasteiger partial charge in [-0.15, -0.1) is 0 Å². The maximum atomic E-state index is 12.9. The van der Waals surface area contributed by atoms with E-state index in [1.807, 2.05) is 0 Å². The van der Waals surface area contributed by atoms with E-state index in [0.717, 1.165) is 0 Å². The Balaban J connectivity index is 1.97. The molecule has 1 aliphatic heterocycles. The minimum Gasteiger partial charge on any atom is -0.478 e. The van der Waals surface area contributed by atoms with Crippen molar-refractivity contribution in [3.8, 4) is 5.75 Å². The monoisotopic (exact) mass is 417 g/mol. The first-order valence-corrected chi connectivity index (χ1v) is 9.46. The lowest BCUT2D eigenvalue weighted by Crippen LogP contribution is -2.53. The van der Waals surface area contributed by atoms with Gasteiger partial charge in [0, 0.05) is 22.8 Å². The van der Waals surface area contributed by atoms with E-state index in [1.165, 1.54) is 23.1 Å². The molecule has 0 bridgehead atoms. The van der Waals surface area contributed by atoms with E-state index in [0.29, 0.717) is 28.4 Å². The number of carbonyl (C=O) groups is 2. The fraction of sp³-hybridized carbons (Fsp3) is 0.300. The first-order valence-electron chi connectivity index (χ1n) is 9.08. The summed E-state index contributed by atoms with van der Waals surface area (Å²) in [6, 6.07) is 8.19. The number of non-ortho nitro benzene ring substituents is 1. The predicted molar refractivity (Wildman–Crippen MR) is 110 cm³/mol. The molecule has 0 radical (unpaired) electrons. The fourth-order valence-corrected chi connectivity index (χ4v) is 3.31. The van der Waals surface area contributed by atoms with E-state index >= 15 is 0 Å². The van der Waals surface area contributed by atoms with Crippen molar-refractivity contribution >= 4 is 40.5 Å². The first-order chi connectivity index (χ1) is 13.7. The zero-order valence-electron chi connectivity index (χ0n) is 16.1. The number of ether oxygens (including phenoxy) is 1. The van der Waals surface area contributed by atoms with Crippen molar-refractivity contribution in [1.82, 2.24) is 0 Å². The van der Waals surface area contributed by atoms with Crippen LogP contribution in [0.5, 0.6) is 5.75 Å². The summed E-state index contributed by atoms with van der Waals surface area (Å²) in [5, 5.41) is 14.5. The van der Waals surface area contributed by atoms with Gasteiger partial charge >= 0.3 is 0 Å². The van der Waals surface area contributed by atoms with Crippen LogP contribution in [-0.2, 0) is 9.59 Å². The molecule has 0 saturated carbocycles. The smallest absolute Gasteiger partial charge is 0.271 e. The molecule has 0 spiro atoms. The molecule has 9 heteroatoms. The average molecular weight is 418 g/mol. The standard InChI is InChI=1S/C20H20ClN3O5/c1-4-17-20(26)23(16-10-13(24(27)28)8-9-18(16)29-17)12(3)19(25)22-15-7-5-6-14(21)11(15)2/h5-10,12,17H,4H2,1-3H3,(H,22,25). The van der Waals surface area contributed by atoms with Gasteiger partial charge in [-0.1, -0.05) is 24.6 Å². The predicted octanol–water partition coefficient (Wildman–Crippen LogP) is 4.09. The van der Waals surface area contributed by atoms with Crippen LogP contribution in [-0.4, -0.2) is 28.9 Å². The number of nitrogens with one attached hydrogen (secondary N) is 1. The maximum absolute atomic E-state index is 12.9. The summed E-state index contributed by atoms with van der Waals surface area (Å²) in [5.41, 5.74) is 1.23. The molecule has 2 amide bonds. The van der Waals surface area contributed by atoms with Crippen molar-refractivity contribution in [2.45, 2.75) is 39.3 Å². The molecule has 29 heavy (non-hydrogen) atoms. The van der Waals surface area contributed by atoms with Crippen LogP contribution >= 0.6 is 11.6 Å². The third-order valence-corrected chi connectivity index (χ3v) is 5.27. The van der Waals surface area contributed by atoms with Gasteiger partial charge in [0.2, 0.25) is 5.91 Å². The second-order valence-corrected chi connectivity index (χ2v) is 7.12. The summed E-state index contributed by atoms with van der Waals surface area (Å²) in [7, 11) is 0. The summed E-state index contributed by atoms with van der Waals surface area (Å²) < 4.78 is 5.68. The lowest BCUT2D eigenvalue weighted by Gasteiger charge is -2.37. The molecule has 0 aromatic heterocycles. The number of nitro groups is 1. The Labute approximate surface area is 172 Å². The van der Waals surface area contributed by atoms with E-state index in [2.05, 4.69) is 5.32 Å². The van der Waals surface area contributed by atoms with Crippen molar-refractivity contribution in [3.63, 3.8) is 0 Å². The van der Waals surface area contributed by atoms with Gasteiger partial charge < -0.3 is 10.1 Å². The molecule has 2 aromatic rings. The number of rotatable bonds is 5. The number of amides is 2. The number of hydrogen-bond acceptors (Lipinski definition) is 5. The summed E-state index contributed by atoms with van der Waals surface area (Å²) in [6.07, 6.45) is -0.375. The number of hydrogen-bond donors (Lipinski definition) is 1. The number of carbonyl (C=O) groups excluding carboxylic acids is 2. The van der Waals surface area contributed by atoms with Crippen LogP contribution in [0.3, 0.4) is 0 Å². The summed E-state index contributed by atoms with van der Waals surface area (Å²) in [4.78, 5) is 37.7. The highest BCUT2D eigenvalue weighted by Gasteiger charge is 2.39. The van der Waals surface area contributed by atoms with Crippen LogP contribution in [0, 0.1) is 17.0 Å². The number of halogens is 1. The molecule has 3 rings (SSSR count). The Bertz CT molecular complexity index is 994. The third kappa shape index (κ3) is 3.88. The average Bonchev–Trinajstić information content (AvgIpc) is 2.70. The topological polar surface area (TPSA) is 102 Å². The second-order valence-electron chi connectivity index (χ2n) is 6.71. The highest BCUT2D eigenvalue weighted by atomic mass is 35.5. The number of nitrogens with zero attached hydrogens (tertiary/aromatic N) is 2. The Morgan fingerprint density at radius 3 is 2.76 bits per heavy atom. The molecule has 0 fully saturated rings. The maximum Gasteiger partial charge on any atom is 0.271 e. The third-order valence-electron chi connectivity index (χ3n) is 4.86. The summed E-state index contributed by atoms with van der Waals surface area (Å²) >= 11 is 6.10. The SMILES string of the molecule is CCC1Oc2ccc([N+](=O)[O-])cc2N(C(C)C(=O)Nc2cccc(Cl)c2C)C1=O. The molecule has 1 aliphatic rings. The number of fused-ring (bicyclic) bond motifs is 1. The Morgan fingerprint density at radius 2 is 2.10 bits per heavy atom. The van der Waals surface area contributed by atoms with E-state index in [-0.39, 0.29) is 11.4 Å². The molecular weight excluding hydrogens is 398 g/mol. The summed E-state index contributed by atoms with van der Waals surface area (Å²) in [6.45, 7) is 5.12. The van der Waals surface area contributed by atoms with Crippen LogP contribution in [0.25, 0.3) is 0 Å². The number of benzene rings is 2. The van der Waals surface area contributed by atoms with E-state index in [1.54, 1.807) is 39.0 Å². The van der Waals surface area contributed by atoms with Crippen LogP contribution in [0.2, 0.25) is 5.02 Å². The van der Waals surface area contributed by atoms with Crippen molar-refractivity contribution in [2.75, 3.05) is 10.2 Å². The highest BCUT2D eigenvalue weighted by Crippen LogP contribution is 2.39. The first kappa shape index (κ1) is 20.6. The largest absolute Gasteiger partial charge is 0.478 e. The van der Waals surface area contributed by atoms with Gasteiger partial charge in [-0.25, -0.2) is 0 Å². The van der Waals surface area contributed by atoms with Crippen molar-refractivity contribution in [1.29, 1.82) is 0 Å². The molecular formula is C20H20ClN3O5. The Hall–Kier alpha value is -3.13. The Kier molecular flexibility index (Phi) is 5.74. The highest BCUT2D eigenvalue weighted by molar-refractivity contribution is 6.31. The zero-order chi connectivity index (χ0) is 21.3. The Morgan fingerprint density at radius 1 is 1.38 bits per heavy atom. The van der Waals surface area contributed by atoms with Crippen LogP contribution < -0.4 is 15.0 Å². The van der Waals surface area contributed by atoms with Gasteiger partial charge in [0.15, 0.2) is 6.10 Å². The van der Waals surface area contributed by atoms with E-state index in [9.17, 15) is 19.7 Å². The molecule has 152 valence electrons. The molecule has 2 atom stereocenters. The van der Waals surface area contributed by atoms with Crippen molar-refractivity contribution in [3.05, 3.63) is 57.1 Å². The molecule has 0 saturated heterocycles. The fourth-order valence-electron chi connectivity index (χ4n) is 3.14. The zero-order valence-corrected chi connectivity index (χ0v) is 16.9. The molecule has 2 aromatic carbocycles. The van der Waals surface area contributed by atoms with Gasteiger partial charge in [0.1, 0.15) is 11.8 Å². The summed E-state index contributed by atoms with van der Waals surface area (Å²) in [5.74, 6) is -0.551.